The molecule has 2 atom stereocenters. The molecule has 0 aromatic heterocycles. The average Bonchev–Trinajstić information content (AvgIpc) is 2.39. The standard InChI is InChI=1S/C12H17N3O3S/c13-9(12(17)18)5-7-1-3-8(4-2-7)15-11(16)10(14)6-19/h1-4,9-10,19H,5-6,13-14H2,(H,15,16)(H,17,18)/t9-,10-/m0/s1. The summed E-state index contributed by atoms with van der Waals surface area (Å²) in [6, 6.07) is 5.18. The van der Waals surface area contributed by atoms with Gasteiger partial charge in [0.25, 0.3) is 0 Å². The molecule has 1 rings (SSSR count). The van der Waals surface area contributed by atoms with Crippen molar-refractivity contribution in [2.24, 2.45) is 11.5 Å². The molecule has 0 saturated carbocycles. The van der Waals surface area contributed by atoms with E-state index in [1.165, 1.54) is 0 Å². The molecule has 7 heteroatoms. The highest BCUT2D eigenvalue weighted by Gasteiger charge is 2.13. The molecule has 1 aromatic carbocycles. The second kappa shape index (κ2) is 7.13. The molecule has 0 bridgehead atoms. The fraction of sp³-hybridized carbons (Fsp3) is 0.333. The highest BCUT2D eigenvalue weighted by Crippen LogP contribution is 2.11. The van der Waals surface area contributed by atoms with Gasteiger partial charge in [-0.1, -0.05) is 12.1 Å². The van der Waals surface area contributed by atoms with Crippen LogP contribution in [0.25, 0.3) is 0 Å². The Balaban J connectivity index is 2.61. The second-order valence-electron chi connectivity index (χ2n) is 4.12. The minimum absolute atomic E-state index is 0.236. The number of benzene rings is 1. The number of hydrogen-bond acceptors (Lipinski definition) is 5. The molecule has 0 heterocycles. The third-order valence-electron chi connectivity index (χ3n) is 2.53. The Bertz CT molecular complexity index is 450. The fourth-order valence-electron chi connectivity index (χ4n) is 1.38. The minimum atomic E-state index is -1.04. The topological polar surface area (TPSA) is 118 Å². The predicted octanol–water partition coefficient (Wildman–Crippen LogP) is -0.163. The maximum absolute atomic E-state index is 11.5. The van der Waals surface area contributed by atoms with Crippen LogP contribution in [0.4, 0.5) is 5.69 Å². The molecular formula is C12H17N3O3S. The van der Waals surface area contributed by atoms with Crippen LogP contribution in [0.2, 0.25) is 0 Å². The van der Waals surface area contributed by atoms with Gasteiger partial charge in [0.15, 0.2) is 0 Å². The summed E-state index contributed by atoms with van der Waals surface area (Å²) in [7, 11) is 0. The van der Waals surface area contributed by atoms with E-state index in [4.69, 9.17) is 16.6 Å². The molecule has 0 saturated heterocycles. The first-order chi connectivity index (χ1) is 8.93. The first-order valence-electron chi connectivity index (χ1n) is 5.68. The average molecular weight is 283 g/mol. The van der Waals surface area contributed by atoms with Gasteiger partial charge in [0.2, 0.25) is 5.91 Å². The van der Waals surface area contributed by atoms with Crippen molar-refractivity contribution in [3.8, 4) is 0 Å². The van der Waals surface area contributed by atoms with Crippen molar-refractivity contribution < 1.29 is 14.7 Å². The Morgan fingerprint density at radius 3 is 2.26 bits per heavy atom. The predicted molar refractivity (Wildman–Crippen MR) is 76.2 cm³/mol. The molecule has 0 spiro atoms. The zero-order valence-electron chi connectivity index (χ0n) is 10.2. The molecule has 1 aromatic rings. The molecule has 104 valence electrons. The lowest BCUT2D eigenvalue weighted by Gasteiger charge is -2.11. The summed E-state index contributed by atoms with van der Waals surface area (Å²) in [6.07, 6.45) is 0.236. The third kappa shape index (κ3) is 4.90. The number of carbonyl (C=O) groups is 2. The van der Waals surface area contributed by atoms with Gasteiger partial charge in [-0.15, -0.1) is 0 Å². The molecule has 1 amide bonds. The SMILES string of the molecule is N[C@@H](Cc1ccc(NC(=O)[C@@H](N)CS)cc1)C(=O)O. The monoisotopic (exact) mass is 283 g/mol. The smallest absolute Gasteiger partial charge is 0.320 e. The maximum atomic E-state index is 11.5. The number of rotatable bonds is 6. The van der Waals surface area contributed by atoms with Crippen LogP contribution in [0, 0.1) is 0 Å². The number of nitrogens with two attached hydrogens (primary N) is 2. The number of carboxylic acids is 1. The highest BCUT2D eigenvalue weighted by atomic mass is 32.1. The number of thiol groups is 1. The number of aliphatic carboxylic acids is 1. The van der Waals surface area contributed by atoms with Gasteiger partial charge in [-0.3, -0.25) is 9.59 Å². The van der Waals surface area contributed by atoms with E-state index in [2.05, 4.69) is 17.9 Å². The van der Waals surface area contributed by atoms with Crippen molar-refractivity contribution in [2.75, 3.05) is 11.1 Å². The lowest BCUT2D eigenvalue weighted by Crippen LogP contribution is -2.37. The van der Waals surface area contributed by atoms with Gasteiger partial charge in [-0.25, -0.2) is 0 Å². The van der Waals surface area contributed by atoms with E-state index in [0.717, 1.165) is 5.56 Å². The number of amides is 1. The van der Waals surface area contributed by atoms with Gasteiger partial charge < -0.3 is 21.9 Å². The van der Waals surface area contributed by atoms with Crippen LogP contribution in [0.3, 0.4) is 0 Å². The van der Waals surface area contributed by atoms with Gasteiger partial charge in [0, 0.05) is 11.4 Å². The van der Waals surface area contributed by atoms with Crippen molar-refractivity contribution in [1.29, 1.82) is 0 Å². The van der Waals surface area contributed by atoms with Crippen molar-refractivity contribution in [3.05, 3.63) is 29.8 Å². The summed E-state index contributed by atoms with van der Waals surface area (Å²) in [5.74, 6) is -1.10. The molecule has 6 N–H and O–H groups in total. The summed E-state index contributed by atoms with van der Waals surface area (Å²) in [5, 5.41) is 11.3. The van der Waals surface area contributed by atoms with E-state index in [-0.39, 0.29) is 18.1 Å². The lowest BCUT2D eigenvalue weighted by atomic mass is 10.1. The second-order valence-corrected chi connectivity index (χ2v) is 4.49. The number of nitrogens with one attached hydrogen (secondary N) is 1. The zero-order valence-corrected chi connectivity index (χ0v) is 11.1. The molecule has 0 aliphatic rings. The minimum Gasteiger partial charge on any atom is -0.480 e. The van der Waals surface area contributed by atoms with Crippen LogP contribution in [-0.2, 0) is 16.0 Å². The van der Waals surface area contributed by atoms with Crippen LogP contribution < -0.4 is 16.8 Å². The molecule has 19 heavy (non-hydrogen) atoms. The van der Waals surface area contributed by atoms with E-state index in [0.29, 0.717) is 5.69 Å². The maximum Gasteiger partial charge on any atom is 0.320 e. The summed E-state index contributed by atoms with van der Waals surface area (Å²) in [4.78, 5) is 22.1. The number of carboxylic acid groups (broad SMARTS) is 1. The van der Waals surface area contributed by atoms with E-state index in [1.54, 1.807) is 24.3 Å². The Hall–Kier alpha value is -1.57. The third-order valence-corrected chi connectivity index (χ3v) is 2.92. The summed E-state index contributed by atoms with van der Waals surface area (Å²) >= 11 is 3.94. The molecule has 0 aliphatic heterocycles. The quantitative estimate of drug-likeness (QED) is 0.465. The zero-order chi connectivity index (χ0) is 14.4. The Labute approximate surface area is 116 Å². The number of hydrogen-bond donors (Lipinski definition) is 5. The van der Waals surface area contributed by atoms with Crippen LogP contribution >= 0.6 is 12.6 Å². The van der Waals surface area contributed by atoms with E-state index < -0.39 is 18.1 Å². The van der Waals surface area contributed by atoms with Crippen molar-refractivity contribution in [2.45, 2.75) is 18.5 Å². The van der Waals surface area contributed by atoms with Crippen molar-refractivity contribution in [1.82, 2.24) is 0 Å². The van der Waals surface area contributed by atoms with Gasteiger partial charge in [0.1, 0.15) is 6.04 Å². The summed E-state index contributed by atoms with van der Waals surface area (Å²) in [5.41, 5.74) is 12.3. The molecule has 0 radical (unpaired) electrons. The first kappa shape index (κ1) is 15.5. The largest absolute Gasteiger partial charge is 0.480 e. The number of anilines is 1. The van der Waals surface area contributed by atoms with Gasteiger partial charge in [0.05, 0.1) is 6.04 Å². The molecule has 0 unspecified atom stereocenters. The van der Waals surface area contributed by atoms with Crippen LogP contribution in [0.15, 0.2) is 24.3 Å². The molecule has 0 aliphatic carbocycles. The molecule has 6 nitrogen and oxygen atoms in total. The van der Waals surface area contributed by atoms with Gasteiger partial charge >= 0.3 is 5.97 Å². The van der Waals surface area contributed by atoms with Crippen LogP contribution in [-0.4, -0.2) is 34.8 Å². The van der Waals surface area contributed by atoms with E-state index in [1.807, 2.05) is 0 Å². The lowest BCUT2D eigenvalue weighted by molar-refractivity contribution is -0.138. The molecular weight excluding hydrogens is 266 g/mol. The van der Waals surface area contributed by atoms with Crippen molar-refractivity contribution in [3.63, 3.8) is 0 Å². The number of carbonyl (C=O) groups excluding carboxylic acids is 1. The van der Waals surface area contributed by atoms with Gasteiger partial charge in [-0.05, 0) is 24.1 Å². The van der Waals surface area contributed by atoms with E-state index >= 15 is 0 Å². The normalized spacial score (nSPS) is 13.6. The Morgan fingerprint density at radius 1 is 1.21 bits per heavy atom. The Kier molecular flexibility index (Phi) is 5.81. The fourth-order valence-corrected chi connectivity index (χ4v) is 1.55. The first-order valence-corrected chi connectivity index (χ1v) is 6.32. The van der Waals surface area contributed by atoms with Crippen molar-refractivity contribution >= 4 is 30.2 Å². The molecule has 0 fully saturated rings. The summed E-state index contributed by atoms with van der Waals surface area (Å²) in [6.45, 7) is 0. The van der Waals surface area contributed by atoms with Gasteiger partial charge in [-0.2, -0.15) is 12.6 Å². The van der Waals surface area contributed by atoms with Crippen LogP contribution in [0.5, 0.6) is 0 Å². The Morgan fingerprint density at radius 2 is 1.79 bits per heavy atom. The summed E-state index contributed by atoms with van der Waals surface area (Å²) < 4.78 is 0. The highest BCUT2D eigenvalue weighted by molar-refractivity contribution is 7.80. The van der Waals surface area contributed by atoms with E-state index in [9.17, 15) is 9.59 Å². The van der Waals surface area contributed by atoms with Crippen LogP contribution in [0.1, 0.15) is 5.56 Å².